The molecule has 0 saturated heterocycles. The van der Waals surface area contributed by atoms with Crippen molar-refractivity contribution in [2.45, 2.75) is 25.9 Å². The van der Waals surface area contributed by atoms with Gasteiger partial charge in [0.05, 0.1) is 25.4 Å². The average Bonchev–Trinajstić information content (AvgIpc) is 2.65. The highest BCUT2D eigenvalue weighted by atomic mass is 16.5. The van der Waals surface area contributed by atoms with Crippen LogP contribution in [-0.4, -0.2) is 57.1 Å². The minimum absolute atomic E-state index is 0.0452. The Bertz CT molecular complexity index is 747. The smallest absolute Gasteiger partial charge is 0.197 e. The van der Waals surface area contributed by atoms with E-state index in [4.69, 9.17) is 9.84 Å². The van der Waals surface area contributed by atoms with Crippen LogP contribution in [-0.2, 0) is 17.6 Å². The third-order valence-corrected chi connectivity index (χ3v) is 4.05. The van der Waals surface area contributed by atoms with Gasteiger partial charge in [-0.1, -0.05) is 6.92 Å². The SMILES string of the molecule is CCc1c(O)cc(O)c(C(=O)c2ccncc2)c1CCOCC(O)CO. The van der Waals surface area contributed by atoms with Gasteiger partial charge in [0, 0.05) is 24.0 Å². The Hall–Kier alpha value is -2.48. The summed E-state index contributed by atoms with van der Waals surface area (Å²) in [5.74, 6) is -0.751. The van der Waals surface area contributed by atoms with Crippen molar-refractivity contribution in [2.75, 3.05) is 19.8 Å². The van der Waals surface area contributed by atoms with Gasteiger partial charge >= 0.3 is 0 Å². The molecule has 0 fully saturated rings. The van der Waals surface area contributed by atoms with Gasteiger partial charge in [-0.05, 0) is 36.1 Å². The van der Waals surface area contributed by atoms with Crippen molar-refractivity contribution >= 4 is 5.78 Å². The molecule has 0 bridgehead atoms. The van der Waals surface area contributed by atoms with Crippen molar-refractivity contribution in [3.05, 3.63) is 52.8 Å². The van der Waals surface area contributed by atoms with E-state index in [1.165, 1.54) is 18.5 Å². The Morgan fingerprint density at radius 2 is 1.88 bits per heavy atom. The highest BCUT2D eigenvalue weighted by molar-refractivity contribution is 6.12. The minimum Gasteiger partial charge on any atom is -0.508 e. The maximum atomic E-state index is 12.9. The normalized spacial score (nSPS) is 12.1. The molecule has 0 spiro atoms. The summed E-state index contributed by atoms with van der Waals surface area (Å²) in [6.07, 6.45) is 2.73. The zero-order valence-corrected chi connectivity index (χ0v) is 14.6. The van der Waals surface area contributed by atoms with Crippen LogP contribution >= 0.6 is 0 Å². The van der Waals surface area contributed by atoms with Crippen LogP contribution in [0.25, 0.3) is 0 Å². The number of pyridine rings is 1. The summed E-state index contributed by atoms with van der Waals surface area (Å²) >= 11 is 0. The lowest BCUT2D eigenvalue weighted by Crippen LogP contribution is -2.20. The van der Waals surface area contributed by atoms with E-state index in [1.54, 1.807) is 12.1 Å². The molecule has 1 aromatic carbocycles. The molecule has 7 nitrogen and oxygen atoms in total. The van der Waals surface area contributed by atoms with Gasteiger partial charge in [-0.15, -0.1) is 0 Å². The van der Waals surface area contributed by atoms with Crippen molar-refractivity contribution < 1.29 is 30.0 Å². The second-order valence-electron chi connectivity index (χ2n) is 5.83. The van der Waals surface area contributed by atoms with Gasteiger partial charge in [0.2, 0.25) is 0 Å². The number of aliphatic hydroxyl groups is 2. The fourth-order valence-electron chi connectivity index (χ4n) is 2.77. The largest absolute Gasteiger partial charge is 0.508 e. The lowest BCUT2D eigenvalue weighted by atomic mass is 9.90. The number of hydrogen-bond acceptors (Lipinski definition) is 7. The molecule has 26 heavy (non-hydrogen) atoms. The van der Waals surface area contributed by atoms with Crippen LogP contribution in [0, 0.1) is 0 Å². The number of carbonyl (C=O) groups is 1. The zero-order valence-electron chi connectivity index (χ0n) is 14.6. The summed E-state index contributed by atoms with van der Waals surface area (Å²) in [5.41, 5.74) is 1.56. The Balaban J connectivity index is 2.35. The van der Waals surface area contributed by atoms with Crippen molar-refractivity contribution in [1.82, 2.24) is 4.98 Å². The molecule has 140 valence electrons. The Morgan fingerprint density at radius 1 is 1.19 bits per heavy atom. The van der Waals surface area contributed by atoms with E-state index in [9.17, 15) is 20.1 Å². The molecule has 1 atom stereocenters. The first-order valence-corrected chi connectivity index (χ1v) is 8.37. The maximum Gasteiger partial charge on any atom is 0.197 e. The number of aromatic nitrogens is 1. The van der Waals surface area contributed by atoms with E-state index in [0.717, 1.165) is 0 Å². The first-order chi connectivity index (χ1) is 12.5. The van der Waals surface area contributed by atoms with Gasteiger partial charge in [0.25, 0.3) is 0 Å². The van der Waals surface area contributed by atoms with E-state index < -0.39 is 12.7 Å². The molecule has 0 aliphatic heterocycles. The molecule has 2 aromatic rings. The molecule has 0 amide bonds. The molecule has 0 radical (unpaired) electrons. The first kappa shape index (κ1) is 19.8. The molecule has 0 aliphatic carbocycles. The standard InChI is InChI=1S/C19H23NO6/c1-2-14-15(5-8-26-11-13(22)10-21)18(17(24)9-16(14)23)19(25)12-3-6-20-7-4-12/h3-4,6-7,9,13,21-24H,2,5,8,10-11H2,1H3. The number of aliphatic hydroxyl groups excluding tert-OH is 2. The van der Waals surface area contributed by atoms with E-state index >= 15 is 0 Å². The monoisotopic (exact) mass is 361 g/mol. The average molecular weight is 361 g/mol. The second-order valence-corrected chi connectivity index (χ2v) is 5.83. The highest BCUT2D eigenvalue weighted by Crippen LogP contribution is 2.34. The van der Waals surface area contributed by atoms with Gasteiger partial charge in [-0.25, -0.2) is 0 Å². The van der Waals surface area contributed by atoms with Crippen LogP contribution in [0.5, 0.6) is 11.5 Å². The maximum absolute atomic E-state index is 12.9. The van der Waals surface area contributed by atoms with Crippen LogP contribution < -0.4 is 0 Å². The third-order valence-electron chi connectivity index (χ3n) is 4.05. The Labute approximate surface area is 151 Å². The van der Waals surface area contributed by atoms with E-state index in [1.807, 2.05) is 6.92 Å². The molecule has 0 aliphatic rings. The summed E-state index contributed by atoms with van der Waals surface area (Å²) in [5, 5.41) is 38.6. The van der Waals surface area contributed by atoms with E-state index in [-0.39, 0.29) is 42.5 Å². The van der Waals surface area contributed by atoms with Gasteiger partial charge < -0.3 is 25.2 Å². The number of benzene rings is 1. The lowest BCUT2D eigenvalue weighted by Gasteiger charge is -2.17. The van der Waals surface area contributed by atoms with Crippen LogP contribution in [0.1, 0.15) is 34.0 Å². The number of ether oxygens (including phenoxy) is 1. The zero-order chi connectivity index (χ0) is 19.1. The summed E-state index contributed by atoms with van der Waals surface area (Å²) in [4.78, 5) is 16.8. The summed E-state index contributed by atoms with van der Waals surface area (Å²) < 4.78 is 5.32. The predicted molar refractivity (Wildman–Crippen MR) is 94.4 cm³/mol. The number of aromatic hydroxyl groups is 2. The number of rotatable bonds is 9. The van der Waals surface area contributed by atoms with Crippen LogP contribution in [0.2, 0.25) is 0 Å². The van der Waals surface area contributed by atoms with Crippen molar-refractivity contribution in [3.63, 3.8) is 0 Å². The molecule has 2 rings (SSSR count). The van der Waals surface area contributed by atoms with Crippen LogP contribution in [0.3, 0.4) is 0 Å². The van der Waals surface area contributed by atoms with Crippen LogP contribution in [0.4, 0.5) is 0 Å². The fourth-order valence-corrected chi connectivity index (χ4v) is 2.77. The van der Waals surface area contributed by atoms with Crippen molar-refractivity contribution in [3.8, 4) is 11.5 Å². The molecule has 4 N–H and O–H groups in total. The number of phenolic OH excluding ortho intramolecular Hbond substituents is 2. The third kappa shape index (κ3) is 4.57. The van der Waals surface area contributed by atoms with E-state index in [0.29, 0.717) is 23.1 Å². The van der Waals surface area contributed by atoms with Gasteiger partial charge in [0.15, 0.2) is 5.78 Å². The summed E-state index contributed by atoms with van der Waals surface area (Å²) in [6, 6.07) is 4.28. The van der Waals surface area contributed by atoms with Gasteiger partial charge in [-0.2, -0.15) is 0 Å². The molecular weight excluding hydrogens is 338 g/mol. The van der Waals surface area contributed by atoms with Gasteiger partial charge in [0.1, 0.15) is 17.6 Å². The Kier molecular flexibility index (Phi) is 7.08. The number of ketones is 1. The van der Waals surface area contributed by atoms with Crippen LogP contribution in [0.15, 0.2) is 30.6 Å². The molecule has 1 aromatic heterocycles. The van der Waals surface area contributed by atoms with Crippen molar-refractivity contribution in [1.29, 1.82) is 0 Å². The van der Waals surface area contributed by atoms with Gasteiger partial charge in [-0.3, -0.25) is 9.78 Å². The Morgan fingerprint density at radius 3 is 2.50 bits per heavy atom. The molecule has 0 saturated carbocycles. The lowest BCUT2D eigenvalue weighted by molar-refractivity contribution is 0.00716. The molecule has 1 heterocycles. The first-order valence-electron chi connectivity index (χ1n) is 8.37. The topological polar surface area (TPSA) is 120 Å². The number of phenols is 2. The highest BCUT2D eigenvalue weighted by Gasteiger charge is 2.23. The van der Waals surface area contributed by atoms with Crippen molar-refractivity contribution in [2.24, 2.45) is 0 Å². The predicted octanol–water partition coefficient (Wildman–Crippen LogP) is 1.20. The number of carbonyl (C=O) groups excluding carboxylic acids is 1. The quantitative estimate of drug-likeness (QED) is 0.391. The summed E-state index contributed by atoms with van der Waals surface area (Å²) in [7, 11) is 0. The molecular formula is C19H23NO6. The molecule has 7 heteroatoms. The second kappa shape index (κ2) is 9.28. The molecule has 1 unspecified atom stereocenters. The number of nitrogens with zero attached hydrogens (tertiary/aromatic N) is 1. The van der Waals surface area contributed by atoms with E-state index in [2.05, 4.69) is 4.98 Å². The fraction of sp³-hybridized carbons (Fsp3) is 0.368. The summed E-state index contributed by atoms with van der Waals surface area (Å²) in [6.45, 7) is 1.55. The minimum atomic E-state index is -0.976. The number of hydrogen-bond donors (Lipinski definition) is 4.